The monoisotopic (exact) mass is 402 g/mol. The maximum atomic E-state index is 12.8. The maximum Gasteiger partial charge on any atom is 0.307 e. The van der Waals surface area contributed by atoms with Crippen LogP contribution in [0.15, 0.2) is 54.6 Å². The normalized spacial score (nSPS) is 19.9. The zero-order valence-electron chi connectivity index (χ0n) is 15.9. The van der Waals surface area contributed by atoms with Gasteiger partial charge >= 0.3 is 5.97 Å². The summed E-state index contributed by atoms with van der Waals surface area (Å²) in [5.74, 6) is -1.43. The van der Waals surface area contributed by atoms with Crippen LogP contribution in [0.2, 0.25) is 0 Å². The van der Waals surface area contributed by atoms with E-state index in [4.69, 9.17) is 0 Å². The summed E-state index contributed by atoms with van der Waals surface area (Å²) in [5, 5.41) is 12.8. The Hall–Kier alpha value is -2.38. The van der Waals surface area contributed by atoms with Gasteiger partial charge in [0.15, 0.2) is 0 Å². The molecular weight excluding hydrogens is 376 g/mol. The summed E-state index contributed by atoms with van der Waals surface area (Å²) < 4.78 is 26.9. The minimum absolute atomic E-state index is 0.0144. The fraction of sp³-hybridized carbons (Fsp3) is 0.381. The molecule has 0 unspecified atom stereocenters. The lowest BCUT2D eigenvalue weighted by Crippen LogP contribution is -2.38. The summed E-state index contributed by atoms with van der Waals surface area (Å²) in [6.45, 7) is 1.26. The second-order valence-electron chi connectivity index (χ2n) is 7.16. The molecule has 1 heterocycles. The zero-order chi connectivity index (χ0) is 20.1. The number of aliphatic carboxylic acids is 1. The third-order valence-corrected chi connectivity index (χ3v) is 7.14. The Morgan fingerprint density at radius 1 is 1.18 bits per heavy atom. The second-order valence-corrected chi connectivity index (χ2v) is 9.28. The number of piperidine rings is 1. The highest BCUT2D eigenvalue weighted by Crippen LogP contribution is 2.32. The minimum atomic E-state index is -3.49. The third-order valence-electron chi connectivity index (χ3n) is 5.37. The van der Waals surface area contributed by atoms with Gasteiger partial charge < -0.3 is 10.4 Å². The molecule has 1 saturated heterocycles. The fourth-order valence-electron chi connectivity index (χ4n) is 3.64. The van der Waals surface area contributed by atoms with Gasteiger partial charge in [-0.2, -0.15) is 0 Å². The van der Waals surface area contributed by atoms with Crippen LogP contribution in [-0.4, -0.2) is 45.4 Å². The molecule has 2 aromatic rings. The molecule has 0 spiro atoms. The van der Waals surface area contributed by atoms with Crippen molar-refractivity contribution in [3.05, 3.63) is 65.7 Å². The highest BCUT2D eigenvalue weighted by Gasteiger charge is 2.32. The molecule has 6 nitrogen and oxygen atoms in total. The van der Waals surface area contributed by atoms with Crippen LogP contribution in [-0.2, 0) is 21.2 Å². The first-order valence-corrected chi connectivity index (χ1v) is 11.0. The molecule has 1 aliphatic heterocycles. The molecule has 2 N–H and O–H groups in total. The van der Waals surface area contributed by atoms with Crippen molar-refractivity contribution in [2.45, 2.75) is 18.8 Å². The lowest BCUT2D eigenvalue weighted by molar-refractivity contribution is -0.143. The van der Waals surface area contributed by atoms with Crippen LogP contribution in [0.3, 0.4) is 0 Å². The van der Waals surface area contributed by atoms with Crippen LogP contribution < -0.4 is 9.62 Å². The van der Waals surface area contributed by atoms with E-state index in [1.54, 1.807) is 25.2 Å². The van der Waals surface area contributed by atoms with Crippen LogP contribution in [0.4, 0.5) is 5.69 Å². The molecule has 0 aliphatic carbocycles. The number of carbonyl (C=O) groups is 1. The molecule has 7 heteroatoms. The predicted octanol–water partition coefficient (Wildman–Crippen LogP) is 2.47. The maximum absolute atomic E-state index is 12.8. The van der Waals surface area contributed by atoms with Gasteiger partial charge in [0.2, 0.25) is 10.0 Å². The highest BCUT2D eigenvalue weighted by molar-refractivity contribution is 7.92. The molecule has 0 saturated carbocycles. The van der Waals surface area contributed by atoms with E-state index in [2.05, 4.69) is 5.32 Å². The van der Waals surface area contributed by atoms with Crippen molar-refractivity contribution in [2.24, 2.45) is 5.92 Å². The Kier molecular flexibility index (Phi) is 6.36. The number of carboxylic acid groups (broad SMARTS) is 1. The minimum Gasteiger partial charge on any atom is -0.481 e. The molecule has 2 aromatic carbocycles. The highest BCUT2D eigenvalue weighted by atomic mass is 32.2. The van der Waals surface area contributed by atoms with Gasteiger partial charge in [-0.15, -0.1) is 0 Å². The zero-order valence-corrected chi connectivity index (χ0v) is 16.7. The average Bonchev–Trinajstić information content (AvgIpc) is 2.72. The van der Waals surface area contributed by atoms with Gasteiger partial charge in [0.05, 0.1) is 17.4 Å². The van der Waals surface area contributed by atoms with E-state index in [9.17, 15) is 18.3 Å². The van der Waals surface area contributed by atoms with Gasteiger partial charge in [-0.3, -0.25) is 9.10 Å². The summed E-state index contributed by atoms with van der Waals surface area (Å²) in [7, 11) is -1.94. The number of rotatable bonds is 7. The quantitative estimate of drug-likeness (QED) is 0.743. The summed E-state index contributed by atoms with van der Waals surface area (Å²) >= 11 is 0. The van der Waals surface area contributed by atoms with Crippen LogP contribution in [0.1, 0.15) is 23.5 Å². The number of hydrogen-bond acceptors (Lipinski definition) is 4. The van der Waals surface area contributed by atoms with Crippen LogP contribution in [0.5, 0.6) is 0 Å². The van der Waals surface area contributed by atoms with Crippen molar-refractivity contribution in [1.82, 2.24) is 5.32 Å². The molecule has 150 valence electrons. The number of nitrogens with zero attached hydrogens (tertiary/aromatic N) is 1. The second kappa shape index (κ2) is 8.75. The molecular formula is C21H26N2O4S. The number of anilines is 1. The van der Waals surface area contributed by atoms with E-state index in [1.165, 1.54) is 4.31 Å². The fourth-order valence-corrected chi connectivity index (χ4v) is 4.85. The number of nitrogens with one attached hydrogen (secondary N) is 1. The van der Waals surface area contributed by atoms with Crippen molar-refractivity contribution < 1.29 is 18.3 Å². The van der Waals surface area contributed by atoms with Crippen LogP contribution in [0.25, 0.3) is 0 Å². The van der Waals surface area contributed by atoms with E-state index in [1.807, 2.05) is 36.4 Å². The van der Waals surface area contributed by atoms with Gasteiger partial charge in [-0.1, -0.05) is 42.5 Å². The van der Waals surface area contributed by atoms with Crippen molar-refractivity contribution in [3.8, 4) is 0 Å². The number of aryl methyl sites for hydroxylation is 1. The van der Waals surface area contributed by atoms with Crippen molar-refractivity contribution in [3.63, 3.8) is 0 Å². The lowest BCUT2D eigenvalue weighted by atomic mass is 9.81. The summed E-state index contributed by atoms with van der Waals surface area (Å²) in [6, 6.07) is 16.7. The van der Waals surface area contributed by atoms with Gasteiger partial charge in [-0.25, -0.2) is 8.42 Å². The molecule has 2 atom stereocenters. The Labute approximate surface area is 166 Å². The number of benzene rings is 2. The first-order chi connectivity index (χ1) is 13.4. The van der Waals surface area contributed by atoms with E-state index >= 15 is 0 Å². The Morgan fingerprint density at radius 2 is 1.93 bits per heavy atom. The lowest BCUT2D eigenvalue weighted by Gasteiger charge is -2.30. The van der Waals surface area contributed by atoms with Gasteiger partial charge in [0.25, 0.3) is 0 Å². The summed E-state index contributed by atoms with van der Waals surface area (Å²) in [6.07, 6.45) is 1.01. The molecule has 0 amide bonds. The molecule has 0 aromatic heterocycles. The molecule has 28 heavy (non-hydrogen) atoms. The van der Waals surface area contributed by atoms with E-state index in [-0.39, 0.29) is 11.7 Å². The van der Waals surface area contributed by atoms with Crippen molar-refractivity contribution in [2.75, 3.05) is 30.2 Å². The van der Waals surface area contributed by atoms with Gasteiger partial charge in [-0.05, 0) is 42.6 Å². The molecule has 1 fully saturated rings. The summed E-state index contributed by atoms with van der Waals surface area (Å²) in [4.78, 5) is 11.6. The first kappa shape index (κ1) is 20.4. The van der Waals surface area contributed by atoms with Crippen molar-refractivity contribution in [1.29, 1.82) is 0 Å². The Bertz CT molecular complexity index is 915. The average molecular weight is 403 g/mol. The predicted molar refractivity (Wildman–Crippen MR) is 110 cm³/mol. The molecule has 3 rings (SSSR count). The van der Waals surface area contributed by atoms with Gasteiger partial charge in [0.1, 0.15) is 0 Å². The Morgan fingerprint density at radius 3 is 2.64 bits per heavy atom. The largest absolute Gasteiger partial charge is 0.481 e. The number of carboxylic acids is 1. The van der Waals surface area contributed by atoms with Crippen LogP contribution in [0, 0.1) is 5.92 Å². The van der Waals surface area contributed by atoms with E-state index in [0.717, 1.165) is 11.1 Å². The number of sulfonamides is 1. The molecule has 0 radical (unpaired) electrons. The number of hydrogen-bond donors (Lipinski definition) is 2. The molecule has 1 aliphatic rings. The van der Waals surface area contributed by atoms with E-state index < -0.39 is 21.9 Å². The first-order valence-electron chi connectivity index (χ1n) is 9.42. The SMILES string of the molecule is CN(c1cccc([C@@H]2CNCC[C@H]2C(=O)O)c1)S(=O)(=O)CCc1ccccc1. The van der Waals surface area contributed by atoms with Gasteiger partial charge in [0, 0.05) is 19.5 Å². The van der Waals surface area contributed by atoms with E-state index in [0.29, 0.717) is 31.6 Å². The standard InChI is InChI=1S/C21H26N2O4S/c1-23(28(26,27)13-11-16-6-3-2-4-7-16)18-9-5-8-17(14-18)20-15-22-12-10-19(20)21(24)25/h2-9,14,19-20,22H,10-13,15H2,1H3,(H,24,25)/t19-,20+/m1/s1. The summed E-state index contributed by atoms with van der Waals surface area (Å²) in [5.41, 5.74) is 2.38. The third kappa shape index (κ3) is 4.72. The Balaban J connectivity index is 1.77. The van der Waals surface area contributed by atoms with Crippen molar-refractivity contribution >= 4 is 21.7 Å². The topological polar surface area (TPSA) is 86.7 Å². The van der Waals surface area contributed by atoms with Crippen LogP contribution >= 0.6 is 0 Å². The molecule has 0 bridgehead atoms. The smallest absolute Gasteiger partial charge is 0.307 e.